The van der Waals surface area contributed by atoms with Crippen LogP contribution in [0, 0.1) is 11.3 Å². The van der Waals surface area contributed by atoms with E-state index in [2.05, 4.69) is 6.92 Å². The summed E-state index contributed by atoms with van der Waals surface area (Å²) < 4.78 is 5.47. The molecular weight excluding hydrogens is 124 g/mol. The van der Waals surface area contributed by atoms with Crippen LogP contribution in [-0.2, 0) is 4.74 Å². The minimum atomic E-state index is 0.542. The maximum absolute atomic E-state index is 5.47. The standard InChI is InChI=1S/C9H12O/c1-2-9-4-3-6(5-9)7-8(9)10-7/h6H,2-5H2,1H3. The Morgan fingerprint density at radius 1 is 1.70 bits per heavy atom. The summed E-state index contributed by atoms with van der Waals surface area (Å²) >= 11 is 0. The van der Waals surface area contributed by atoms with Crippen molar-refractivity contribution in [3.8, 4) is 0 Å². The van der Waals surface area contributed by atoms with E-state index in [1.807, 2.05) is 0 Å². The Kier molecular flexibility index (Phi) is 0.664. The van der Waals surface area contributed by atoms with Crippen LogP contribution in [0.2, 0.25) is 0 Å². The normalized spacial score (nSPS) is 47.5. The molecule has 0 saturated heterocycles. The molecule has 0 radical (unpaired) electrons. The van der Waals surface area contributed by atoms with E-state index in [-0.39, 0.29) is 0 Å². The molecule has 1 heterocycles. The summed E-state index contributed by atoms with van der Waals surface area (Å²) in [5.41, 5.74) is 0.542. The maximum Gasteiger partial charge on any atom is 0.148 e. The highest BCUT2D eigenvalue weighted by Crippen LogP contribution is 2.67. The Morgan fingerprint density at radius 2 is 2.60 bits per heavy atom. The lowest BCUT2D eigenvalue weighted by atomic mass is 9.84. The van der Waals surface area contributed by atoms with Gasteiger partial charge < -0.3 is 4.74 Å². The van der Waals surface area contributed by atoms with Gasteiger partial charge in [-0.15, -0.1) is 0 Å². The molecule has 54 valence electrons. The Hall–Kier alpha value is -0.460. The number of allylic oxidation sites excluding steroid dienone is 2. The van der Waals surface area contributed by atoms with Crippen LogP contribution in [0.15, 0.2) is 11.5 Å². The highest BCUT2D eigenvalue weighted by Gasteiger charge is 2.59. The second-order valence-electron chi connectivity index (χ2n) is 3.87. The van der Waals surface area contributed by atoms with Gasteiger partial charge in [-0.25, -0.2) is 0 Å². The van der Waals surface area contributed by atoms with E-state index >= 15 is 0 Å². The third-order valence-corrected chi connectivity index (χ3v) is 3.53. The largest absolute Gasteiger partial charge is 0.458 e. The van der Waals surface area contributed by atoms with Crippen LogP contribution in [0.25, 0.3) is 0 Å². The molecular formula is C9H12O. The van der Waals surface area contributed by atoms with Gasteiger partial charge in [0.25, 0.3) is 0 Å². The van der Waals surface area contributed by atoms with Crippen LogP contribution >= 0.6 is 0 Å². The molecule has 10 heavy (non-hydrogen) atoms. The molecule has 0 amide bonds. The van der Waals surface area contributed by atoms with E-state index in [4.69, 9.17) is 4.74 Å². The van der Waals surface area contributed by atoms with E-state index in [9.17, 15) is 0 Å². The van der Waals surface area contributed by atoms with Gasteiger partial charge in [0.15, 0.2) is 0 Å². The van der Waals surface area contributed by atoms with Crippen LogP contribution in [0.1, 0.15) is 32.6 Å². The van der Waals surface area contributed by atoms with Gasteiger partial charge in [0.1, 0.15) is 11.5 Å². The zero-order chi connectivity index (χ0) is 6.77. The van der Waals surface area contributed by atoms with Gasteiger partial charge >= 0.3 is 0 Å². The van der Waals surface area contributed by atoms with E-state index in [1.54, 1.807) is 0 Å². The molecule has 2 atom stereocenters. The van der Waals surface area contributed by atoms with Crippen molar-refractivity contribution in [3.05, 3.63) is 11.5 Å². The molecule has 0 N–H and O–H groups in total. The average molecular weight is 136 g/mol. The van der Waals surface area contributed by atoms with Crippen LogP contribution in [-0.4, -0.2) is 0 Å². The third kappa shape index (κ3) is 0.370. The number of fused-ring (bicyclic) bond motifs is 4. The lowest BCUT2D eigenvalue weighted by molar-refractivity contribution is 0.243. The van der Waals surface area contributed by atoms with Gasteiger partial charge in [-0.2, -0.15) is 0 Å². The fourth-order valence-electron chi connectivity index (χ4n) is 2.76. The molecule has 2 unspecified atom stereocenters. The first-order valence-corrected chi connectivity index (χ1v) is 4.28. The minimum absolute atomic E-state index is 0.542. The van der Waals surface area contributed by atoms with E-state index in [0.717, 1.165) is 5.92 Å². The summed E-state index contributed by atoms with van der Waals surface area (Å²) in [6, 6.07) is 0. The molecule has 2 bridgehead atoms. The Bertz CT molecular complexity index is 229. The molecule has 1 nitrogen and oxygen atoms in total. The van der Waals surface area contributed by atoms with Crippen molar-refractivity contribution >= 4 is 0 Å². The van der Waals surface area contributed by atoms with Crippen molar-refractivity contribution < 1.29 is 4.74 Å². The van der Waals surface area contributed by atoms with Crippen molar-refractivity contribution in [1.29, 1.82) is 0 Å². The second kappa shape index (κ2) is 1.27. The van der Waals surface area contributed by atoms with Crippen molar-refractivity contribution in [1.82, 2.24) is 0 Å². The highest BCUT2D eigenvalue weighted by molar-refractivity contribution is 5.37. The monoisotopic (exact) mass is 136 g/mol. The smallest absolute Gasteiger partial charge is 0.148 e. The molecule has 3 rings (SSSR count). The van der Waals surface area contributed by atoms with Crippen molar-refractivity contribution in [3.63, 3.8) is 0 Å². The molecule has 1 saturated carbocycles. The van der Waals surface area contributed by atoms with Crippen LogP contribution in [0.5, 0.6) is 0 Å². The molecule has 0 aromatic heterocycles. The lowest BCUT2D eigenvalue weighted by Crippen LogP contribution is -2.13. The van der Waals surface area contributed by atoms with Crippen LogP contribution < -0.4 is 0 Å². The van der Waals surface area contributed by atoms with Crippen molar-refractivity contribution in [2.75, 3.05) is 0 Å². The number of rotatable bonds is 1. The van der Waals surface area contributed by atoms with Gasteiger partial charge in [0.2, 0.25) is 0 Å². The first kappa shape index (κ1) is 5.22. The molecule has 1 aliphatic heterocycles. The quantitative estimate of drug-likeness (QED) is 0.539. The fraction of sp³-hybridized carbons (Fsp3) is 0.778. The van der Waals surface area contributed by atoms with Gasteiger partial charge in [-0.1, -0.05) is 6.92 Å². The first-order chi connectivity index (χ1) is 4.86. The Balaban J connectivity index is 2.07. The van der Waals surface area contributed by atoms with Crippen molar-refractivity contribution in [2.45, 2.75) is 32.6 Å². The topological polar surface area (TPSA) is 12.5 Å². The predicted molar refractivity (Wildman–Crippen MR) is 38.2 cm³/mol. The number of ether oxygens (including phenoxy) is 1. The van der Waals surface area contributed by atoms with Gasteiger partial charge in [0.05, 0.1) is 0 Å². The highest BCUT2D eigenvalue weighted by atomic mass is 16.6. The van der Waals surface area contributed by atoms with Crippen LogP contribution in [0.3, 0.4) is 0 Å². The maximum atomic E-state index is 5.47. The van der Waals surface area contributed by atoms with E-state index in [0.29, 0.717) is 5.41 Å². The Morgan fingerprint density at radius 3 is 3.10 bits per heavy atom. The summed E-state index contributed by atoms with van der Waals surface area (Å²) in [5.74, 6) is 3.62. The predicted octanol–water partition coefficient (Wildman–Crippen LogP) is 2.44. The van der Waals surface area contributed by atoms with Gasteiger partial charge in [0, 0.05) is 11.3 Å². The molecule has 0 aromatic rings. The minimum Gasteiger partial charge on any atom is -0.458 e. The van der Waals surface area contributed by atoms with Gasteiger partial charge in [-0.05, 0) is 25.7 Å². The summed E-state index contributed by atoms with van der Waals surface area (Å²) in [6.07, 6.45) is 5.50. The molecule has 1 heteroatoms. The number of hydrogen-bond donors (Lipinski definition) is 0. The average Bonchev–Trinajstić information content (AvgIpc) is 2.62. The zero-order valence-electron chi connectivity index (χ0n) is 6.31. The summed E-state index contributed by atoms with van der Waals surface area (Å²) in [7, 11) is 0. The van der Waals surface area contributed by atoms with E-state index in [1.165, 1.54) is 37.2 Å². The van der Waals surface area contributed by atoms with Crippen molar-refractivity contribution in [2.24, 2.45) is 11.3 Å². The molecule has 0 aromatic carbocycles. The molecule has 1 fully saturated rings. The third-order valence-electron chi connectivity index (χ3n) is 3.53. The SMILES string of the molecule is CCC12CCC(C1)C1=C2O1. The second-order valence-corrected chi connectivity index (χ2v) is 3.87. The fourth-order valence-corrected chi connectivity index (χ4v) is 2.76. The summed E-state index contributed by atoms with van der Waals surface area (Å²) in [6.45, 7) is 2.29. The number of hydrogen-bond acceptors (Lipinski definition) is 1. The first-order valence-electron chi connectivity index (χ1n) is 4.28. The van der Waals surface area contributed by atoms with E-state index < -0.39 is 0 Å². The molecule has 0 spiro atoms. The Labute approximate surface area is 61.1 Å². The lowest BCUT2D eigenvalue weighted by Gasteiger charge is -2.20. The molecule has 3 aliphatic rings. The van der Waals surface area contributed by atoms with Crippen LogP contribution in [0.4, 0.5) is 0 Å². The summed E-state index contributed by atoms with van der Waals surface area (Å²) in [4.78, 5) is 0. The molecule has 2 aliphatic carbocycles. The van der Waals surface area contributed by atoms with Gasteiger partial charge in [-0.3, -0.25) is 0 Å². The summed E-state index contributed by atoms with van der Waals surface area (Å²) in [5, 5.41) is 0. The zero-order valence-corrected chi connectivity index (χ0v) is 6.31.